The first-order chi connectivity index (χ1) is 16.2. The Morgan fingerprint density at radius 1 is 1.15 bits per heavy atom. The van der Waals surface area contributed by atoms with Crippen LogP contribution in [0.15, 0.2) is 42.9 Å². The van der Waals surface area contributed by atoms with E-state index in [4.69, 9.17) is 5.73 Å². The molecule has 34 heavy (non-hydrogen) atoms. The third-order valence-corrected chi connectivity index (χ3v) is 6.96. The first-order valence-corrected chi connectivity index (χ1v) is 12.1. The topological polar surface area (TPSA) is 92.9 Å². The zero-order valence-corrected chi connectivity index (χ0v) is 20.3. The van der Waals surface area contributed by atoms with Crippen LogP contribution in [0.3, 0.4) is 0 Å². The second-order valence-electron chi connectivity index (χ2n) is 10.1. The van der Waals surface area contributed by atoms with Gasteiger partial charge in [-0.05, 0) is 73.8 Å². The van der Waals surface area contributed by atoms with Gasteiger partial charge in [0.15, 0.2) is 0 Å². The van der Waals surface area contributed by atoms with Crippen molar-refractivity contribution >= 4 is 28.2 Å². The number of hydrogen-bond donors (Lipinski definition) is 3. The van der Waals surface area contributed by atoms with Crippen molar-refractivity contribution < 1.29 is 9.18 Å². The molecule has 3 aromatic rings. The molecule has 2 aromatic heterocycles. The number of nitrogens with zero attached hydrogens (tertiary/aromatic N) is 2. The average Bonchev–Trinajstić information content (AvgIpc) is 2.79. The number of carbonyl (C=O) groups excluding carboxylic acids is 1. The van der Waals surface area contributed by atoms with Crippen LogP contribution < -0.4 is 16.4 Å². The second kappa shape index (κ2) is 10.1. The van der Waals surface area contributed by atoms with E-state index >= 15 is 0 Å². The van der Waals surface area contributed by atoms with Gasteiger partial charge in [-0.3, -0.25) is 14.8 Å². The van der Waals surface area contributed by atoms with Gasteiger partial charge in [-0.25, -0.2) is 4.39 Å². The molecule has 4 atom stereocenters. The summed E-state index contributed by atoms with van der Waals surface area (Å²) in [6, 6.07) is 6.83. The maximum absolute atomic E-state index is 14.7. The van der Waals surface area contributed by atoms with Crippen LogP contribution in [0.1, 0.15) is 68.8 Å². The number of nitrogens with one attached hydrogen (secondary N) is 2. The van der Waals surface area contributed by atoms with Crippen LogP contribution in [0.4, 0.5) is 15.8 Å². The lowest BCUT2D eigenvalue weighted by molar-refractivity contribution is 0.102. The fourth-order valence-electron chi connectivity index (χ4n) is 4.84. The Kier molecular flexibility index (Phi) is 7.12. The minimum absolute atomic E-state index is 0.150. The number of benzene rings is 1. The minimum atomic E-state index is -0.410. The summed E-state index contributed by atoms with van der Waals surface area (Å²) in [5.74, 6) is 0.449. The molecular formula is C27H34FN5O. The molecule has 7 heteroatoms. The highest BCUT2D eigenvalue weighted by atomic mass is 19.1. The Balaban J connectivity index is 1.62. The van der Waals surface area contributed by atoms with E-state index in [2.05, 4.69) is 48.3 Å². The second-order valence-corrected chi connectivity index (χ2v) is 10.1. The number of carbonyl (C=O) groups is 1. The summed E-state index contributed by atoms with van der Waals surface area (Å²) in [5, 5.41) is 6.67. The fraction of sp³-hybridized carbons (Fsp3) is 0.444. The van der Waals surface area contributed by atoms with E-state index in [9.17, 15) is 9.18 Å². The number of pyridine rings is 2. The molecule has 180 valence electrons. The van der Waals surface area contributed by atoms with Crippen molar-refractivity contribution in [2.75, 3.05) is 10.6 Å². The number of rotatable bonds is 6. The molecular weight excluding hydrogens is 429 g/mol. The van der Waals surface area contributed by atoms with Gasteiger partial charge in [-0.1, -0.05) is 20.8 Å². The Morgan fingerprint density at radius 3 is 2.68 bits per heavy atom. The lowest BCUT2D eigenvalue weighted by Gasteiger charge is -2.32. The zero-order chi connectivity index (χ0) is 24.4. The Hall–Kier alpha value is -3.06. The van der Waals surface area contributed by atoms with Crippen LogP contribution >= 0.6 is 0 Å². The first-order valence-electron chi connectivity index (χ1n) is 12.1. The van der Waals surface area contributed by atoms with E-state index in [0.29, 0.717) is 34.0 Å². The number of halogens is 1. The highest BCUT2D eigenvalue weighted by Gasteiger charge is 2.27. The van der Waals surface area contributed by atoms with Gasteiger partial charge in [-0.2, -0.15) is 0 Å². The van der Waals surface area contributed by atoms with Crippen LogP contribution in [0.25, 0.3) is 10.9 Å². The number of nitrogens with two attached hydrogens (primary N) is 1. The number of anilines is 2. The predicted octanol–water partition coefficient (Wildman–Crippen LogP) is 5.71. The predicted molar refractivity (Wildman–Crippen MR) is 136 cm³/mol. The molecule has 1 fully saturated rings. The van der Waals surface area contributed by atoms with Crippen molar-refractivity contribution in [1.82, 2.24) is 9.97 Å². The molecule has 6 nitrogen and oxygen atoms in total. The van der Waals surface area contributed by atoms with E-state index in [0.717, 1.165) is 30.5 Å². The minimum Gasteiger partial charge on any atom is -0.381 e. The monoisotopic (exact) mass is 463 g/mol. The summed E-state index contributed by atoms with van der Waals surface area (Å²) in [6.45, 7) is 8.51. The standard InChI is InChI=1S/C27H34FN5O/c1-15(2)17(4)32-20-12-23-24(28)6-5-22(26(23)31-13-20)27(34)33-25-14-30-8-7-21(25)18-9-16(3)10-19(29)11-18/h5-8,12-19,32H,9-11,29H2,1-4H3,(H,33,34)/t16-,17?,18+,19-/m0/s1. The molecule has 1 aliphatic carbocycles. The third-order valence-electron chi connectivity index (χ3n) is 6.96. The first kappa shape index (κ1) is 24.1. The van der Waals surface area contributed by atoms with Gasteiger partial charge in [0.25, 0.3) is 5.91 Å². The van der Waals surface area contributed by atoms with Gasteiger partial charge in [0.05, 0.1) is 34.8 Å². The van der Waals surface area contributed by atoms with Gasteiger partial charge in [0.1, 0.15) is 5.82 Å². The van der Waals surface area contributed by atoms with Gasteiger partial charge in [-0.15, -0.1) is 0 Å². The van der Waals surface area contributed by atoms with E-state index in [1.165, 1.54) is 12.1 Å². The van der Waals surface area contributed by atoms with E-state index < -0.39 is 5.82 Å². The third kappa shape index (κ3) is 5.20. The van der Waals surface area contributed by atoms with Crippen molar-refractivity contribution in [2.24, 2.45) is 17.6 Å². The summed E-state index contributed by atoms with van der Waals surface area (Å²) >= 11 is 0. The maximum Gasteiger partial charge on any atom is 0.257 e. The van der Waals surface area contributed by atoms with E-state index in [1.807, 2.05) is 6.07 Å². The summed E-state index contributed by atoms with van der Waals surface area (Å²) in [5.41, 5.74) is 9.37. The van der Waals surface area contributed by atoms with Crippen molar-refractivity contribution in [3.63, 3.8) is 0 Å². The highest BCUT2D eigenvalue weighted by Crippen LogP contribution is 2.38. The van der Waals surface area contributed by atoms with Crippen LogP contribution in [0.2, 0.25) is 0 Å². The molecule has 0 spiro atoms. The molecule has 1 saturated carbocycles. The van der Waals surface area contributed by atoms with E-state index in [-0.39, 0.29) is 23.9 Å². The normalized spacial score (nSPS) is 21.4. The van der Waals surface area contributed by atoms with Gasteiger partial charge >= 0.3 is 0 Å². The Morgan fingerprint density at radius 2 is 1.94 bits per heavy atom. The molecule has 4 N–H and O–H groups in total. The number of hydrogen-bond acceptors (Lipinski definition) is 5. The summed E-state index contributed by atoms with van der Waals surface area (Å²) in [7, 11) is 0. The van der Waals surface area contributed by atoms with Gasteiger partial charge < -0.3 is 16.4 Å². The fourth-order valence-corrected chi connectivity index (χ4v) is 4.84. The maximum atomic E-state index is 14.7. The average molecular weight is 464 g/mol. The SMILES string of the molecule is CC(C)C(C)Nc1cnc2c(C(=O)Nc3cnccc3[C@@H]3C[C@H](C)C[C@H](N)C3)ccc(F)c2c1. The quantitative estimate of drug-likeness (QED) is 0.435. The van der Waals surface area contributed by atoms with Crippen LogP contribution in [-0.2, 0) is 0 Å². The molecule has 1 aromatic carbocycles. The molecule has 0 radical (unpaired) electrons. The van der Waals surface area contributed by atoms with Crippen molar-refractivity contribution in [3.05, 3.63) is 59.8 Å². The molecule has 0 saturated heterocycles. The van der Waals surface area contributed by atoms with Crippen molar-refractivity contribution in [2.45, 2.75) is 65.0 Å². The van der Waals surface area contributed by atoms with Crippen molar-refractivity contribution in [1.29, 1.82) is 0 Å². The van der Waals surface area contributed by atoms with Crippen LogP contribution in [-0.4, -0.2) is 28.0 Å². The van der Waals surface area contributed by atoms with Gasteiger partial charge in [0.2, 0.25) is 0 Å². The summed E-state index contributed by atoms with van der Waals surface area (Å²) < 4.78 is 14.7. The Bertz CT molecular complexity index is 1170. The molecule has 4 rings (SSSR count). The van der Waals surface area contributed by atoms with Crippen LogP contribution in [0, 0.1) is 17.7 Å². The lowest BCUT2D eigenvalue weighted by atomic mass is 9.76. The van der Waals surface area contributed by atoms with Crippen molar-refractivity contribution in [3.8, 4) is 0 Å². The summed E-state index contributed by atoms with van der Waals surface area (Å²) in [4.78, 5) is 22.0. The molecule has 1 unspecified atom stereocenters. The number of amides is 1. The number of aromatic nitrogens is 2. The molecule has 0 bridgehead atoms. The zero-order valence-electron chi connectivity index (χ0n) is 20.3. The van der Waals surface area contributed by atoms with Gasteiger partial charge in [0, 0.05) is 23.7 Å². The molecule has 1 amide bonds. The smallest absolute Gasteiger partial charge is 0.257 e. The molecule has 0 aliphatic heterocycles. The summed E-state index contributed by atoms with van der Waals surface area (Å²) in [6.07, 6.45) is 7.99. The largest absolute Gasteiger partial charge is 0.381 e. The Labute approximate surface area is 200 Å². The lowest BCUT2D eigenvalue weighted by Crippen LogP contribution is -2.31. The highest BCUT2D eigenvalue weighted by molar-refractivity contribution is 6.12. The molecule has 2 heterocycles. The number of fused-ring (bicyclic) bond motifs is 1. The molecule has 1 aliphatic rings. The van der Waals surface area contributed by atoms with E-state index in [1.54, 1.807) is 24.7 Å². The van der Waals surface area contributed by atoms with Crippen LogP contribution in [0.5, 0.6) is 0 Å².